The number of hydrogen-bond acceptors (Lipinski definition) is 6. The number of fused-ring (bicyclic) bond motifs is 1. The highest BCUT2D eigenvalue weighted by molar-refractivity contribution is 7.22. The van der Waals surface area contributed by atoms with E-state index >= 15 is 0 Å². The van der Waals surface area contributed by atoms with Crippen LogP contribution in [0, 0.1) is 0 Å². The van der Waals surface area contributed by atoms with E-state index in [0.717, 1.165) is 21.5 Å². The SMILES string of the molecule is COc1ccc2nc(N(Cc3cccnc3)C(=O)c3ccn(C)n3)sc2c1. The molecule has 0 unspecified atom stereocenters. The number of benzene rings is 1. The van der Waals surface area contributed by atoms with Gasteiger partial charge < -0.3 is 4.74 Å². The molecule has 0 atom stereocenters. The van der Waals surface area contributed by atoms with Crippen LogP contribution in [-0.4, -0.2) is 32.8 Å². The fourth-order valence-electron chi connectivity index (χ4n) is 2.70. The number of rotatable bonds is 5. The first kappa shape index (κ1) is 17.2. The molecule has 3 aromatic heterocycles. The number of nitrogens with zero attached hydrogens (tertiary/aromatic N) is 5. The highest BCUT2D eigenvalue weighted by Crippen LogP contribution is 2.32. The van der Waals surface area contributed by atoms with Crippen molar-refractivity contribution in [1.29, 1.82) is 0 Å². The number of amides is 1. The van der Waals surface area contributed by atoms with Crippen molar-refractivity contribution in [3.63, 3.8) is 0 Å². The maximum atomic E-state index is 13.1. The number of aryl methyl sites for hydroxylation is 1. The van der Waals surface area contributed by atoms with Gasteiger partial charge in [-0.2, -0.15) is 5.10 Å². The number of carbonyl (C=O) groups excluding carboxylic acids is 1. The van der Waals surface area contributed by atoms with E-state index in [0.29, 0.717) is 17.4 Å². The number of ether oxygens (including phenoxy) is 1. The van der Waals surface area contributed by atoms with E-state index in [9.17, 15) is 4.79 Å². The van der Waals surface area contributed by atoms with E-state index < -0.39 is 0 Å². The molecule has 27 heavy (non-hydrogen) atoms. The van der Waals surface area contributed by atoms with Crippen molar-refractivity contribution in [2.24, 2.45) is 7.05 Å². The van der Waals surface area contributed by atoms with Gasteiger partial charge in [0, 0.05) is 25.6 Å². The van der Waals surface area contributed by atoms with E-state index in [-0.39, 0.29) is 5.91 Å². The zero-order valence-corrected chi connectivity index (χ0v) is 15.7. The van der Waals surface area contributed by atoms with Crippen LogP contribution in [0.15, 0.2) is 55.0 Å². The Bertz CT molecular complexity index is 1090. The molecule has 0 fully saturated rings. The van der Waals surface area contributed by atoms with Crippen molar-refractivity contribution in [2.75, 3.05) is 12.0 Å². The summed E-state index contributed by atoms with van der Waals surface area (Å²) in [6.07, 6.45) is 5.20. The number of carbonyl (C=O) groups is 1. The second kappa shape index (κ2) is 7.16. The van der Waals surface area contributed by atoms with Crippen molar-refractivity contribution >= 4 is 32.6 Å². The first-order valence-electron chi connectivity index (χ1n) is 8.29. The number of methoxy groups -OCH3 is 1. The number of thiazole rings is 1. The minimum absolute atomic E-state index is 0.203. The predicted octanol–water partition coefficient (Wildman–Crippen LogP) is 3.28. The summed E-state index contributed by atoms with van der Waals surface area (Å²) in [5.74, 6) is 0.554. The first-order chi connectivity index (χ1) is 13.1. The zero-order chi connectivity index (χ0) is 18.8. The van der Waals surface area contributed by atoms with Crippen LogP contribution < -0.4 is 9.64 Å². The minimum Gasteiger partial charge on any atom is -0.497 e. The first-order valence-corrected chi connectivity index (χ1v) is 9.10. The van der Waals surface area contributed by atoms with Gasteiger partial charge in [-0.15, -0.1) is 0 Å². The Balaban J connectivity index is 1.75. The third-order valence-electron chi connectivity index (χ3n) is 4.06. The third-order valence-corrected chi connectivity index (χ3v) is 5.10. The maximum Gasteiger partial charge on any atom is 0.280 e. The highest BCUT2D eigenvalue weighted by Gasteiger charge is 2.23. The molecule has 0 radical (unpaired) electrons. The molecule has 1 amide bonds. The van der Waals surface area contributed by atoms with Crippen LogP contribution >= 0.6 is 11.3 Å². The van der Waals surface area contributed by atoms with Crippen LogP contribution in [-0.2, 0) is 13.6 Å². The number of hydrogen-bond donors (Lipinski definition) is 0. The van der Waals surface area contributed by atoms with Crippen LogP contribution in [0.5, 0.6) is 5.75 Å². The van der Waals surface area contributed by atoms with Crippen molar-refractivity contribution in [3.05, 3.63) is 66.2 Å². The van der Waals surface area contributed by atoms with Gasteiger partial charge in [-0.25, -0.2) is 4.98 Å². The molecule has 136 valence electrons. The van der Waals surface area contributed by atoms with Gasteiger partial charge in [0.2, 0.25) is 0 Å². The second-order valence-corrected chi connectivity index (χ2v) is 6.97. The minimum atomic E-state index is -0.203. The summed E-state index contributed by atoms with van der Waals surface area (Å²) in [5, 5.41) is 4.86. The second-order valence-electron chi connectivity index (χ2n) is 5.96. The molecule has 0 N–H and O–H groups in total. The van der Waals surface area contributed by atoms with Crippen molar-refractivity contribution in [3.8, 4) is 5.75 Å². The smallest absolute Gasteiger partial charge is 0.280 e. The monoisotopic (exact) mass is 379 g/mol. The summed E-state index contributed by atoms with van der Waals surface area (Å²) in [6, 6.07) is 11.2. The predicted molar refractivity (Wildman–Crippen MR) is 104 cm³/mol. The van der Waals surface area contributed by atoms with Crippen LogP contribution in [0.3, 0.4) is 0 Å². The quantitative estimate of drug-likeness (QED) is 0.532. The van der Waals surface area contributed by atoms with Gasteiger partial charge >= 0.3 is 0 Å². The highest BCUT2D eigenvalue weighted by atomic mass is 32.1. The van der Waals surface area contributed by atoms with Crippen LogP contribution in [0.2, 0.25) is 0 Å². The fraction of sp³-hybridized carbons (Fsp3) is 0.158. The average molecular weight is 379 g/mol. The molecule has 0 aliphatic rings. The van der Waals surface area contributed by atoms with Crippen LogP contribution in [0.1, 0.15) is 16.1 Å². The molecule has 4 aromatic rings. The molecule has 0 saturated heterocycles. The van der Waals surface area contributed by atoms with Crippen LogP contribution in [0.4, 0.5) is 5.13 Å². The van der Waals surface area contributed by atoms with Gasteiger partial charge in [-0.05, 0) is 35.9 Å². The summed E-state index contributed by atoms with van der Waals surface area (Å²) in [7, 11) is 3.41. The Morgan fingerprint density at radius 2 is 2.19 bits per heavy atom. The average Bonchev–Trinajstić information content (AvgIpc) is 3.31. The Morgan fingerprint density at radius 1 is 1.30 bits per heavy atom. The van der Waals surface area contributed by atoms with E-state index in [1.807, 2.05) is 30.3 Å². The summed E-state index contributed by atoms with van der Waals surface area (Å²) in [5.41, 5.74) is 2.11. The maximum absolute atomic E-state index is 13.1. The molecule has 0 aliphatic carbocycles. The van der Waals surface area contributed by atoms with E-state index in [1.54, 1.807) is 48.4 Å². The van der Waals surface area contributed by atoms with Gasteiger partial charge in [0.1, 0.15) is 5.75 Å². The third kappa shape index (κ3) is 3.52. The molecule has 0 aliphatic heterocycles. The fourth-order valence-corrected chi connectivity index (χ4v) is 3.69. The number of aromatic nitrogens is 4. The number of pyridine rings is 1. The Kier molecular flexibility index (Phi) is 4.55. The molecule has 4 rings (SSSR count). The molecule has 7 nitrogen and oxygen atoms in total. The Morgan fingerprint density at radius 3 is 2.89 bits per heavy atom. The molecular weight excluding hydrogens is 362 g/mol. The number of anilines is 1. The topological polar surface area (TPSA) is 73.1 Å². The van der Waals surface area contributed by atoms with Crippen molar-refractivity contribution in [1.82, 2.24) is 19.7 Å². The van der Waals surface area contributed by atoms with E-state index in [4.69, 9.17) is 4.74 Å². The lowest BCUT2D eigenvalue weighted by atomic mass is 10.2. The largest absolute Gasteiger partial charge is 0.497 e. The molecule has 1 aromatic carbocycles. The van der Waals surface area contributed by atoms with E-state index in [2.05, 4.69) is 15.1 Å². The lowest BCUT2D eigenvalue weighted by Gasteiger charge is -2.18. The van der Waals surface area contributed by atoms with Crippen LogP contribution in [0.25, 0.3) is 10.2 Å². The van der Waals surface area contributed by atoms with Gasteiger partial charge in [-0.3, -0.25) is 19.4 Å². The van der Waals surface area contributed by atoms with Gasteiger partial charge in [0.15, 0.2) is 10.8 Å². The Hall–Kier alpha value is -3.26. The molecule has 0 bridgehead atoms. The summed E-state index contributed by atoms with van der Waals surface area (Å²) >= 11 is 1.44. The van der Waals surface area contributed by atoms with Gasteiger partial charge in [-0.1, -0.05) is 17.4 Å². The summed E-state index contributed by atoms with van der Waals surface area (Å²) < 4.78 is 7.85. The zero-order valence-electron chi connectivity index (χ0n) is 14.9. The molecule has 0 saturated carbocycles. The lowest BCUT2D eigenvalue weighted by Crippen LogP contribution is -2.30. The summed E-state index contributed by atoms with van der Waals surface area (Å²) in [6.45, 7) is 0.361. The van der Waals surface area contributed by atoms with Gasteiger partial charge in [0.05, 0.1) is 23.9 Å². The van der Waals surface area contributed by atoms with Crippen molar-refractivity contribution in [2.45, 2.75) is 6.54 Å². The standard InChI is InChI=1S/C19H17N5O2S/c1-23-9-7-16(22-23)18(25)24(12-13-4-3-8-20-11-13)19-21-15-6-5-14(26-2)10-17(15)27-19/h3-11H,12H2,1-2H3. The lowest BCUT2D eigenvalue weighted by molar-refractivity contribution is 0.0979. The molecule has 0 spiro atoms. The molecule has 3 heterocycles. The normalized spacial score (nSPS) is 10.9. The van der Waals surface area contributed by atoms with E-state index in [1.165, 1.54) is 11.3 Å². The molecule has 8 heteroatoms. The van der Waals surface area contributed by atoms with Crippen molar-refractivity contribution < 1.29 is 9.53 Å². The van der Waals surface area contributed by atoms with Gasteiger partial charge in [0.25, 0.3) is 5.91 Å². The summed E-state index contributed by atoms with van der Waals surface area (Å²) in [4.78, 5) is 23.6. The molecular formula is C19H17N5O2S. The Labute approximate surface area is 159 Å².